The first-order valence-electron chi connectivity index (χ1n) is 16.0. The second-order valence-electron chi connectivity index (χ2n) is 12.4. The Morgan fingerprint density at radius 3 is 2.76 bits per heavy atom. The number of carbonyl (C=O) groups excluding carboxylic acids is 2. The maximum Gasteiger partial charge on any atom is 0.254 e. The Labute approximate surface area is 265 Å². The zero-order chi connectivity index (χ0) is 31.9. The molecule has 5 heterocycles. The van der Waals surface area contributed by atoms with Crippen molar-refractivity contribution in [3.05, 3.63) is 82.8 Å². The number of imidazole rings is 1. The summed E-state index contributed by atoms with van der Waals surface area (Å²) in [4.78, 5) is 36.2. The average Bonchev–Trinajstić information content (AvgIpc) is 3.57. The Bertz CT molecular complexity index is 1970. The predicted octanol–water partition coefficient (Wildman–Crippen LogP) is 5.38. The van der Waals surface area contributed by atoms with Gasteiger partial charge in [-0.2, -0.15) is 0 Å². The van der Waals surface area contributed by atoms with Gasteiger partial charge in [0.15, 0.2) is 5.82 Å². The molecule has 238 valence electrons. The number of hydrogen-bond acceptors (Lipinski definition) is 5. The molecule has 2 aliphatic heterocycles. The molecular weight excluding hydrogens is 588 g/mol. The summed E-state index contributed by atoms with van der Waals surface area (Å²) >= 11 is 0. The summed E-state index contributed by atoms with van der Waals surface area (Å²) in [5, 5.41) is 9.77. The molecule has 0 unspecified atom stereocenters. The third-order valence-electron chi connectivity index (χ3n) is 9.30. The monoisotopic (exact) mass is 625 g/mol. The van der Waals surface area contributed by atoms with Crippen molar-refractivity contribution < 1.29 is 18.4 Å². The number of amides is 2. The van der Waals surface area contributed by atoms with E-state index in [2.05, 4.69) is 20.5 Å². The number of hydrogen-bond donors (Lipinski definition) is 3. The van der Waals surface area contributed by atoms with Crippen molar-refractivity contribution in [1.29, 1.82) is 0 Å². The van der Waals surface area contributed by atoms with E-state index in [0.29, 0.717) is 48.5 Å². The quantitative estimate of drug-likeness (QED) is 0.250. The number of aryl methyl sites for hydroxylation is 3. The Balaban J connectivity index is 1.26. The number of benzene rings is 2. The van der Waals surface area contributed by atoms with Gasteiger partial charge in [0.1, 0.15) is 17.6 Å². The first kappa shape index (κ1) is 30.0. The largest absolute Gasteiger partial charge is 0.345 e. The van der Waals surface area contributed by atoms with Crippen LogP contribution in [0.4, 0.5) is 8.78 Å². The first-order chi connectivity index (χ1) is 22.3. The van der Waals surface area contributed by atoms with Crippen molar-refractivity contribution in [2.45, 2.75) is 63.8 Å². The van der Waals surface area contributed by atoms with Crippen LogP contribution >= 0.6 is 0 Å². The normalized spacial score (nSPS) is 20.8. The van der Waals surface area contributed by atoms with E-state index in [9.17, 15) is 14.0 Å². The van der Waals surface area contributed by atoms with Crippen LogP contribution in [-0.4, -0.2) is 56.2 Å². The van der Waals surface area contributed by atoms with Crippen molar-refractivity contribution in [3.8, 4) is 11.5 Å². The van der Waals surface area contributed by atoms with E-state index in [4.69, 9.17) is 9.97 Å². The van der Waals surface area contributed by atoms with Crippen LogP contribution in [0.25, 0.3) is 33.6 Å². The molecule has 1 fully saturated rings. The summed E-state index contributed by atoms with van der Waals surface area (Å²) in [5.41, 5.74) is 4.93. The minimum Gasteiger partial charge on any atom is -0.345 e. The van der Waals surface area contributed by atoms with Gasteiger partial charge in [0.05, 0.1) is 40.1 Å². The van der Waals surface area contributed by atoms with Gasteiger partial charge in [0.25, 0.3) is 11.8 Å². The average molecular weight is 626 g/mol. The summed E-state index contributed by atoms with van der Waals surface area (Å²) in [7, 11) is 1.83. The number of piperidine rings is 1. The molecule has 0 radical (unpaired) electrons. The standard InChI is InChI=1S/C35H37F2N7O2/c1-20-27-12-11-22-16-31(44(32(22)40-27)15-7-3-4-8-21-9-5-6-10-23(21)34(45)39-20)33-41-28-17-24(26(37)18-30(28)43(33)2)35(46)42-29-19-38-14-13-25(29)36/h5-6,9-12,16-18,20,25,29,38H,3-4,7-8,13-15,19H2,1-2H3,(H,39,45)(H,42,46)/t20-,25+,29+/m1/s1. The molecule has 11 heteroatoms. The highest BCUT2D eigenvalue weighted by Crippen LogP contribution is 2.32. The number of rotatable bonds is 3. The molecule has 3 atom stereocenters. The second-order valence-corrected chi connectivity index (χ2v) is 12.4. The minimum atomic E-state index is -1.19. The number of fused-ring (bicyclic) bond motifs is 3. The lowest BCUT2D eigenvalue weighted by Crippen LogP contribution is -2.52. The topological polar surface area (TPSA) is 106 Å². The number of pyridine rings is 1. The molecule has 0 aliphatic carbocycles. The molecule has 46 heavy (non-hydrogen) atoms. The molecule has 3 aromatic heterocycles. The summed E-state index contributed by atoms with van der Waals surface area (Å²) < 4.78 is 33.7. The lowest BCUT2D eigenvalue weighted by atomic mass is 10.00. The third-order valence-corrected chi connectivity index (χ3v) is 9.30. The molecule has 7 rings (SSSR count). The minimum absolute atomic E-state index is 0.113. The van der Waals surface area contributed by atoms with E-state index >= 15 is 4.39 Å². The highest BCUT2D eigenvalue weighted by Gasteiger charge is 2.28. The first-order valence-corrected chi connectivity index (χ1v) is 16.0. The van der Waals surface area contributed by atoms with Crippen molar-refractivity contribution in [2.75, 3.05) is 13.1 Å². The number of carbonyl (C=O) groups is 2. The summed E-state index contributed by atoms with van der Waals surface area (Å²) in [6.45, 7) is 3.47. The molecule has 1 saturated heterocycles. The van der Waals surface area contributed by atoms with Crippen LogP contribution in [0.2, 0.25) is 0 Å². The maximum absolute atomic E-state index is 15.4. The van der Waals surface area contributed by atoms with Crippen molar-refractivity contribution in [1.82, 2.24) is 35.1 Å². The van der Waals surface area contributed by atoms with Crippen LogP contribution in [0.15, 0.2) is 54.6 Å². The molecule has 2 aliphatic rings. The van der Waals surface area contributed by atoms with E-state index in [1.54, 1.807) is 0 Å². The van der Waals surface area contributed by atoms with E-state index in [1.807, 2.05) is 61.0 Å². The van der Waals surface area contributed by atoms with Crippen molar-refractivity contribution in [3.63, 3.8) is 0 Å². The van der Waals surface area contributed by atoms with Crippen molar-refractivity contribution in [2.24, 2.45) is 7.05 Å². The summed E-state index contributed by atoms with van der Waals surface area (Å²) in [5.74, 6) is -0.850. The van der Waals surface area contributed by atoms with Gasteiger partial charge in [-0.15, -0.1) is 0 Å². The fourth-order valence-electron chi connectivity index (χ4n) is 6.70. The fraction of sp³-hybridized carbons (Fsp3) is 0.371. The van der Waals surface area contributed by atoms with Crippen LogP contribution in [-0.2, 0) is 20.0 Å². The van der Waals surface area contributed by atoms with Crippen molar-refractivity contribution >= 4 is 33.9 Å². The predicted molar refractivity (Wildman–Crippen MR) is 173 cm³/mol. The Morgan fingerprint density at radius 2 is 1.91 bits per heavy atom. The molecule has 0 spiro atoms. The van der Waals surface area contributed by atoms with Gasteiger partial charge < -0.3 is 25.1 Å². The van der Waals surface area contributed by atoms with E-state index in [1.165, 1.54) is 12.1 Å². The van der Waals surface area contributed by atoms with Gasteiger partial charge in [0, 0.05) is 37.2 Å². The molecule has 2 bridgehead atoms. The van der Waals surface area contributed by atoms with E-state index in [-0.39, 0.29) is 17.5 Å². The molecule has 9 nitrogen and oxygen atoms in total. The Kier molecular flexibility index (Phi) is 8.02. The number of alkyl halides is 1. The number of nitrogens with zero attached hydrogens (tertiary/aromatic N) is 4. The van der Waals surface area contributed by atoms with Gasteiger partial charge in [0.2, 0.25) is 0 Å². The van der Waals surface area contributed by atoms with Crippen LogP contribution in [0.1, 0.15) is 70.6 Å². The molecule has 0 saturated carbocycles. The lowest BCUT2D eigenvalue weighted by molar-refractivity contribution is 0.0887. The van der Waals surface area contributed by atoms with Gasteiger partial charge in [-0.25, -0.2) is 18.7 Å². The summed E-state index contributed by atoms with van der Waals surface area (Å²) in [6, 6.07) is 15.4. The second kappa shape index (κ2) is 12.3. The SMILES string of the molecule is C[C@H]1NC(=O)c2ccccc2CCCCCn2c(-c3nc4cc(C(=O)N[C@H]5CNCC[C@@H]5F)c(F)cc4n3C)cc3ccc1nc32. The van der Waals surface area contributed by atoms with Gasteiger partial charge in [-0.3, -0.25) is 9.59 Å². The smallest absolute Gasteiger partial charge is 0.254 e. The fourth-order valence-corrected chi connectivity index (χ4v) is 6.70. The third kappa shape index (κ3) is 5.53. The number of nitrogens with one attached hydrogen (secondary N) is 3. The zero-order valence-corrected chi connectivity index (χ0v) is 25.9. The number of halogens is 2. The number of aromatic nitrogens is 4. The molecule has 2 aromatic carbocycles. The van der Waals surface area contributed by atoms with Crippen LogP contribution in [0, 0.1) is 5.82 Å². The maximum atomic E-state index is 15.4. The zero-order valence-electron chi connectivity index (χ0n) is 25.9. The van der Waals surface area contributed by atoms with Gasteiger partial charge in [-0.1, -0.05) is 24.6 Å². The summed E-state index contributed by atoms with van der Waals surface area (Å²) in [6.07, 6.45) is 2.69. The van der Waals surface area contributed by atoms with Crippen LogP contribution in [0.3, 0.4) is 0 Å². The highest BCUT2D eigenvalue weighted by atomic mass is 19.1. The Morgan fingerprint density at radius 1 is 1.07 bits per heavy atom. The van der Waals surface area contributed by atoms with E-state index < -0.39 is 23.9 Å². The highest BCUT2D eigenvalue weighted by molar-refractivity contribution is 5.99. The molecular formula is C35H37F2N7O2. The van der Waals surface area contributed by atoms with E-state index in [0.717, 1.165) is 53.7 Å². The molecule has 2 amide bonds. The lowest BCUT2D eigenvalue weighted by Gasteiger charge is -2.27. The van der Waals surface area contributed by atoms with Gasteiger partial charge >= 0.3 is 0 Å². The van der Waals surface area contributed by atoms with Gasteiger partial charge in [-0.05, 0) is 75.0 Å². The molecule has 5 aromatic rings. The Hall–Kier alpha value is -4.64. The van der Waals surface area contributed by atoms with Crippen LogP contribution in [0.5, 0.6) is 0 Å². The molecule has 3 N–H and O–H groups in total. The van der Waals surface area contributed by atoms with Crippen LogP contribution < -0.4 is 16.0 Å².